The van der Waals surface area contributed by atoms with Gasteiger partial charge in [-0.05, 0) is 29.3 Å². The summed E-state index contributed by atoms with van der Waals surface area (Å²) in [6.07, 6.45) is -3.58. The summed E-state index contributed by atoms with van der Waals surface area (Å²) in [6, 6.07) is 3.43. The molecule has 0 fully saturated rings. The van der Waals surface area contributed by atoms with Crippen LogP contribution in [-0.2, 0) is 9.53 Å². The van der Waals surface area contributed by atoms with Crippen LogP contribution < -0.4 is 4.74 Å². The van der Waals surface area contributed by atoms with Crippen molar-refractivity contribution in [2.45, 2.75) is 6.36 Å². The van der Waals surface area contributed by atoms with E-state index in [-0.39, 0.29) is 17.1 Å². The minimum atomic E-state index is -4.86. The molecule has 6 nitrogen and oxygen atoms in total. The Balaban J connectivity index is 3.09. The highest BCUT2D eigenvalue weighted by atomic mass is 35.5. The Bertz CT molecular complexity index is 640. The Morgan fingerprint density at radius 1 is 1.50 bits per heavy atom. The van der Waals surface area contributed by atoms with Crippen molar-refractivity contribution in [2.24, 2.45) is 5.11 Å². The van der Waals surface area contributed by atoms with Gasteiger partial charge in [0, 0.05) is 10.5 Å². The summed E-state index contributed by atoms with van der Waals surface area (Å²) in [6.45, 7) is -0.276. The molecule has 0 aliphatic carbocycles. The van der Waals surface area contributed by atoms with Gasteiger partial charge < -0.3 is 9.47 Å². The number of halogens is 4. The van der Waals surface area contributed by atoms with Crippen molar-refractivity contribution in [3.63, 3.8) is 0 Å². The maximum absolute atomic E-state index is 12.1. The van der Waals surface area contributed by atoms with Crippen LogP contribution in [0.3, 0.4) is 0 Å². The number of hydrogen-bond donors (Lipinski definition) is 0. The number of rotatable bonds is 5. The second kappa shape index (κ2) is 7.58. The molecule has 0 N–H and O–H groups in total. The number of benzene rings is 1. The third kappa shape index (κ3) is 5.55. The van der Waals surface area contributed by atoms with E-state index in [1.165, 1.54) is 18.2 Å². The standard InChI is InChI=1S/C12H9ClF3N3O3/c1-21-11(20)8(6-18-19-17)4-7-2-3-10(9(13)5-7)22-12(14,15)16/h2-5H,6H2,1H3/b8-4-. The lowest BCUT2D eigenvalue weighted by atomic mass is 10.1. The molecular formula is C12H9ClF3N3O3. The Morgan fingerprint density at radius 2 is 2.18 bits per heavy atom. The van der Waals surface area contributed by atoms with E-state index in [0.29, 0.717) is 5.56 Å². The first-order valence-electron chi connectivity index (χ1n) is 5.62. The first kappa shape index (κ1) is 17.7. The van der Waals surface area contributed by atoms with Crippen LogP contribution in [0.1, 0.15) is 5.56 Å². The van der Waals surface area contributed by atoms with Crippen molar-refractivity contribution in [2.75, 3.05) is 13.7 Å². The summed E-state index contributed by atoms with van der Waals surface area (Å²) in [5.74, 6) is -1.31. The van der Waals surface area contributed by atoms with Gasteiger partial charge in [0.05, 0.1) is 18.7 Å². The van der Waals surface area contributed by atoms with Crippen molar-refractivity contribution in [1.82, 2.24) is 0 Å². The second-order valence-corrected chi connectivity index (χ2v) is 4.19. The Labute approximate surface area is 127 Å². The highest BCUT2D eigenvalue weighted by Gasteiger charge is 2.32. The quantitative estimate of drug-likeness (QED) is 0.267. The maximum Gasteiger partial charge on any atom is 0.573 e. The first-order valence-corrected chi connectivity index (χ1v) is 5.99. The smallest absolute Gasteiger partial charge is 0.466 e. The van der Waals surface area contributed by atoms with Crippen LogP contribution in [0.25, 0.3) is 16.5 Å². The summed E-state index contributed by atoms with van der Waals surface area (Å²) < 4.78 is 44.6. The second-order valence-electron chi connectivity index (χ2n) is 3.79. The molecule has 0 spiro atoms. The zero-order valence-electron chi connectivity index (χ0n) is 11.1. The minimum absolute atomic E-state index is 0.0147. The summed E-state index contributed by atoms with van der Waals surface area (Å²) >= 11 is 5.68. The highest BCUT2D eigenvalue weighted by molar-refractivity contribution is 6.32. The van der Waals surface area contributed by atoms with Crippen molar-refractivity contribution in [3.05, 3.63) is 44.8 Å². The SMILES string of the molecule is COC(=O)/C(=C\c1ccc(OC(F)(F)F)c(Cl)c1)CN=[N+]=[N-]. The van der Waals surface area contributed by atoms with E-state index < -0.39 is 18.1 Å². The van der Waals surface area contributed by atoms with Gasteiger partial charge in [0.1, 0.15) is 5.75 Å². The average molecular weight is 336 g/mol. The van der Waals surface area contributed by atoms with Crippen LogP contribution in [0, 0.1) is 0 Å². The van der Waals surface area contributed by atoms with Crippen molar-refractivity contribution < 1.29 is 27.4 Å². The third-order valence-corrected chi connectivity index (χ3v) is 2.57. The van der Waals surface area contributed by atoms with E-state index >= 15 is 0 Å². The van der Waals surface area contributed by atoms with E-state index in [2.05, 4.69) is 19.5 Å². The summed E-state index contributed by atoms with van der Waals surface area (Å²) in [4.78, 5) is 14.0. The van der Waals surface area contributed by atoms with Gasteiger partial charge in [-0.25, -0.2) is 4.79 Å². The largest absolute Gasteiger partial charge is 0.573 e. The molecule has 0 atom stereocenters. The molecule has 10 heteroatoms. The topological polar surface area (TPSA) is 84.3 Å². The zero-order valence-corrected chi connectivity index (χ0v) is 11.9. The van der Waals surface area contributed by atoms with Gasteiger partial charge >= 0.3 is 12.3 Å². The lowest BCUT2D eigenvalue weighted by molar-refractivity contribution is -0.274. The van der Waals surface area contributed by atoms with Gasteiger partial charge in [-0.2, -0.15) is 0 Å². The number of azide groups is 1. The van der Waals surface area contributed by atoms with Crippen molar-refractivity contribution in [1.29, 1.82) is 0 Å². The summed E-state index contributed by atoms with van der Waals surface area (Å²) in [5, 5.41) is 2.94. The number of carbonyl (C=O) groups is 1. The van der Waals surface area contributed by atoms with Crippen molar-refractivity contribution in [3.8, 4) is 5.75 Å². The number of alkyl halides is 3. The van der Waals surface area contributed by atoms with Crippen LogP contribution in [-0.4, -0.2) is 26.0 Å². The predicted octanol–water partition coefficient (Wildman–Crippen LogP) is 4.11. The van der Waals surface area contributed by atoms with Crippen LogP contribution in [0.4, 0.5) is 13.2 Å². The number of methoxy groups -OCH3 is 1. The van der Waals surface area contributed by atoms with E-state index in [1.54, 1.807) is 0 Å². The molecule has 0 amide bonds. The summed E-state index contributed by atoms with van der Waals surface area (Å²) in [7, 11) is 1.14. The molecule has 0 bridgehead atoms. The number of hydrogen-bond acceptors (Lipinski definition) is 4. The number of nitrogens with zero attached hydrogens (tertiary/aromatic N) is 3. The first-order chi connectivity index (χ1) is 10.3. The zero-order chi connectivity index (χ0) is 16.8. The molecule has 0 aliphatic heterocycles. The molecule has 0 aliphatic rings. The molecule has 1 rings (SSSR count). The highest BCUT2D eigenvalue weighted by Crippen LogP contribution is 2.31. The molecule has 0 saturated carbocycles. The molecule has 1 aromatic carbocycles. The fourth-order valence-corrected chi connectivity index (χ4v) is 1.65. The average Bonchev–Trinajstić information content (AvgIpc) is 2.44. The monoisotopic (exact) mass is 335 g/mol. The van der Waals surface area contributed by atoms with E-state index in [4.69, 9.17) is 17.1 Å². The number of carbonyl (C=O) groups excluding carboxylic acids is 1. The molecule has 22 heavy (non-hydrogen) atoms. The molecule has 118 valence electrons. The van der Waals surface area contributed by atoms with Gasteiger partial charge in [-0.1, -0.05) is 22.8 Å². The Morgan fingerprint density at radius 3 is 2.68 bits per heavy atom. The fourth-order valence-electron chi connectivity index (χ4n) is 1.42. The van der Waals surface area contributed by atoms with E-state index in [9.17, 15) is 18.0 Å². The van der Waals surface area contributed by atoms with Gasteiger partial charge in [0.25, 0.3) is 0 Å². The van der Waals surface area contributed by atoms with E-state index in [1.807, 2.05) is 0 Å². The predicted molar refractivity (Wildman–Crippen MR) is 72.1 cm³/mol. The third-order valence-electron chi connectivity index (χ3n) is 2.27. The molecule has 0 unspecified atom stereocenters. The Hall–Kier alpha value is -2.38. The summed E-state index contributed by atoms with van der Waals surface area (Å²) in [5.41, 5.74) is 8.59. The minimum Gasteiger partial charge on any atom is -0.466 e. The van der Waals surface area contributed by atoms with Gasteiger partial charge in [-0.15, -0.1) is 13.2 Å². The van der Waals surface area contributed by atoms with Gasteiger partial charge in [0.2, 0.25) is 0 Å². The molecular weight excluding hydrogens is 327 g/mol. The normalized spacial score (nSPS) is 11.6. The molecule has 1 aromatic rings. The fraction of sp³-hybridized carbons (Fsp3) is 0.250. The van der Waals surface area contributed by atoms with Crippen LogP contribution in [0.5, 0.6) is 5.75 Å². The van der Waals surface area contributed by atoms with Crippen molar-refractivity contribution >= 4 is 23.6 Å². The van der Waals surface area contributed by atoms with E-state index in [0.717, 1.165) is 13.2 Å². The van der Waals surface area contributed by atoms with Crippen LogP contribution >= 0.6 is 11.6 Å². The lowest BCUT2D eigenvalue weighted by Gasteiger charge is -2.10. The molecule has 0 radical (unpaired) electrons. The van der Waals surface area contributed by atoms with Gasteiger partial charge in [0.15, 0.2) is 0 Å². The Kier molecular flexibility index (Phi) is 6.09. The lowest BCUT2D eigenvalue weighted by Crippen LogP contribution is -2.17. The van der Waals surface area contributed by atoms with Crippen LogP contribution in [0.2, 0.25) is 5.02 Å². The molecule has 0 heterocycles. The number of ether oxygens (including phenoxy) is 2. The van der Waals surface area contributed by atoms with Gasteiger partial charge in [-0.3, -0.25) is 0 Å². The molecule has 0 saturated heterocycles. The van der Waals surface area contributed by atoms with Crippen LogP contribution in [0.15, 0.2) is 28.9 Å². The maximum atomic E-state index is 12.1. The number of esters is 1. The molecule has 0 aromatic heterocycles.